The van der Waals surface area contributed by atoms with E-state index in [4.69, 9.17) is 4.74 Å². The molecule has 4 nitrogen and oxygen atoms in total. The molecule has 2 unspecified atom stereocenters. The van der Waals surface area contributed by atoms with Crippen LogP contribution in [0.15, 0.2) is 30.3 Å². The van der Waals surface area contributed by atoms with Crippen molar-refractivity contribution in [3.8, 4) is 0 Å². The molecule has 1 rings (SSSR count). The van der Waals surface area contributed by atoms with Gasteiger partial charge in [-0.2, -0.15) is 0 Å². The van der Waals surface area contributed by atoms with Gasteiger partial charge in [0.05, 0.1) is 25.4 Å². The van der Waals surface area contributed by atoms with Gasteiger partial charge in [-0.1, -0.05) is 43.7 Å². The lowest BCUT2D eigenvalue weighted by molar-refractivity contribution is 0.0334. The third-order valence-electron chi connectivity index (χ3n) is 2.94. The molecule has 1 aromatic rings. The molecule has 0 radical (unpaired) electrons. The molecule has 1 aromatic carbocycles. The molecule has 19 heavy (non-hydrogen) atoms. The first-order valence-electron chi connectivity index (χ1n) is 6.93. The van der Waals surface area contributed by atoms with E-state index in [0.717, 1.165) is 18.4 Å². The van der Waals surface area contributed by atoms with Crippen LogP contribution in [0.2, 0.25) is 0 Å². The minimum Gasteiger partial charge on any atom is -0.394 e. The molecule has 0 aromatic heterocycles. The van der Waals surface area contributed by atoms with E-state index < -0.39 is 6.10 Å². The molecule has 0 amide bonds. The van der Waals surface area contributed by atoms with Gasteiger partial charge in [0, 0.05) is 13.2 Å². The highest BCUT2D eigenvalue weighted by atomic mass is 16.5. The Kier molecular flexibility index (Phi) is 8.41. The summed E-state index contributed by atoms with van der Waals surface area (Å²) in [5, 5.41) is 22.3. The summed E-state index contributed by atoms with van der Waals surface area (Å²) in [7, 11) is 0. The first-order chi connectivity index (χ1) is 9.27. The third-order valence-corrected chi connectivity index (χ3v) is 2.94. The van der Waals surface area contributed by atoms with Crippen LogP contribution in [-0.2, 0) is 4.74 Å². The predicted molar refractivity (Wildman–Crippen MR) is 76.0 cm³/mol. The van der Waals surface area contributed by atoms with Crippen LogP contribution in [0.5, 0.6) is 0 Å². The Morgan fingerprint density at radius 1 is 1.26 bits per heavy atom. The van der Waals surface area contributed by atoms with Crippen LogP contribution in [-0.4, -0.2) is 42.7 Å². The van der Waals surface area contributed by atoms with Crippen molar-refractivity contribution < 1.29 is 14.9 Å². The molecule has 0 fully saturated rings. The summed E-state index contributed by atoms with van der Waals surface area (Å²) >= 11 is 0. The van der Waals surface area contributed by atoms with Crippen molar-refractivity contribution in [1.29, 1.82) is 0 Å². The van der Waals surface area contributed by atoms with E-state index in [-0.39, 0.29) is 12.6 Å². The van der Waals surface area contributed by atoms with E-state index in [1.165, 1.54) is 0 Å². The topological polar surface area (TPSA) is 61.7 Å². The van der Waals surface area contributed by atoms with Crippen LogP contribution in [0.1, 0.15) is 31.4 Å². The fourth-order valence-electron chi connectivity index (χ4n) is 1.78. The summed E-state index contributed by atoms with van der Waals surface area (Å²) < 4.78 is 5.35. The number of nitrogens with one attached hydrogen (secondary N) is 1. The maximum atomic E-state index is 9.77. The fourth-order valence-corrected chi connectivity index (χ4v) is 1.78. The van der Waals surface area contributed by atoms with Crippen molar-refractivity contribution in [2.45, 2.75) is 31.9 Å². The molecule has 0 aliphatic carbocycles. The lowest BCUT2D eigenvalue weighted by Crippen LogP contribution is -2.34. The van der Waals surface area contributed by atoms with Crippen molar-refractivity contribution >= 4 is 0 Å². The maximum absolute atomic E-state index is 9.77. The summed E-state index contributed by atoms with van der Waals surface area (Å²) in [5.41, 5.74) is 1.02. The third kappa shape index (κ3) is 6.68. The molecule has 0 spiro atoms. The first kappa shape index (κ1) is 16.1. The quantitative estimate of drug-likeness (QED) is 0.562. The summed E-state index contributed by atoms with van der Waals surface area (Å²) in [4.78, 5) is 0. The molecule has 0 saturated carbocycles. The lowest BCUT2D eigenvalue weighted by Gasteiger charge is -2.19. The zero-order valence-corrected chi connectivity index (χ0v) is 11.6. The Hall–Kier alpha value is -0.940. The highest BCUT2D eigenvalue weighted by Crippen LogP contribution is 2.11. The Labute approximate surface area is 115 Å². The van der Waals surface area contributed by atoms with Crippen molar-refractivity contribution in [3.63, 3.8) is 0 Å². The summed E-state index contributed by atoms with van der Waals surface area (Å²) in [5.74, 6) is 0. The van der Waals surface area contributed by atoms with E-state index in [1.54, 1.807) is 0 Å². The number of aliphatic hydroxyl groups excluding tert-OH is 2. The second-order valence-electron chi connectivity index (χ2n) is 4.64. The van der Waals surface area contributed by atoms with Gasteiger partial charge in [-0.05, 0) is 12.0 Å². The second-order valence-corrected chi connectivity index (χ2v) is 4.64. The molecular weight excluding hydrogens is 242 g/mol. The number of aliphatic hydroxyl groups is 2. The standard InChI is InChI=1S/C15H25NO3/c1-2-3-9-19-12-14(18)10-16-15(11-17)13-7-5-4-6-8-13/h4-8,14-18H,2-3,9-12H2,1H3. The number of hydrogen-bond donors (Lipinski definition) is 3. The number of hydrogen-bond acceptors (Lipinski definition) is 4. The van der Waals surface area contributed by atoms with E-state index >= 15 is 0 Å². The highest BCUT2D eigenvalue weighted by molar-refractivity contribution is 5.18. The van der Waals surface area contributed by atoms with E-state index in [0.29, 0.717) is 19.8 Å². The Balaban J connectivity index is 2.25. The molecule has 0 saturated heterocycles. The average Bonchev–Trinajstić information content (AvgIpc) is 2.45. The van der Waals surface area contributed by atoms with Gasteiger partial charge >= 0.3 is 0 Å². The SMILES string of the molecule is CCCCOCC(O)CNC(CO)c1ccccc1. The van der Waals surface area contributed by atoms with Crippen LogP contribution in [0, 0.1) is 0 Å². The number of benzene rings is 1. The normalized spacial score (nSPS) is 14.3. The molecule has 0 aliphatic rings. The van der Waals surface area contributed by atoms with Gasteiger partial charge in [0.15, 0.2) is 0 Å². The van der Waals surface area contributed by atoms with Gasteiger partial charge in [0.25, 0.3) is 0 Å². The van der Waals surface area contributed by atoms with E-state index in [2.05, 4.69) is 12.2 Å². The highest BCUT2D eigenvalue weighted by Gasteiger charge is 2.11. The van der Waals surface area contributed by atoms with Crippen molar-refractivity contribution in [1.82, 2.24) is 5.32 Å². The molecular formula is C15H25NO3. The lowest BCUT2D eigenvalue weighted by atomic mass is 10.1. The van der Waals surface area contributed by atoms with Crippen LogP contribution in [0.25, 0.3) is 0 Å². The summed E-state index contributed by atoms with van der Waals surface area (Å²) in [6.45, 7) is 3.54. The van der Waals surface area contributed by atoms with Crippen LogP contribution < -0.4 is 5.32 Å². The molecule has 108 valence electrons. The minimum absolute atomic E-state index is 0.00737. The van der Waals surface area contributed by atoms with Gasteiger partial charge in [0.2, 0.25) is 0 Å². The fraction of sp³-hybridized carbons (Fsp3) is 0.600. The van der Waals surface area contributed by atoms with Gasteiger partial charge in [0.1, 0.15) is 0 Å². The second kappa shape index (κ2) is 9.92. The molecule has 0 aliphatic heterocycles. The molecule has 2 atom stereocenters. The van der Waals surface area contributed by atoms with Gasteiger partial charge in [-0.3, -0.25) is 0 Å². The Bertz CT molecular complexity index is 318. The van der Waals surface area contributed by atoms with Gasteiger partial charge in [-0.15, -0.1) is 0 Å². The predicted octanol–water partition coefficient (Wildman–Crippen LogP) is 1.49. The van der Waals surface area contributed by atoms with Crippen molar-refractivity contribution in [2.24, 2.45) is 0 Å². The monoisotopic (exact) mass is 267 g/mol. The van der Waals surface area contributed by atoms with E-state index in [1.807, 2.05) is 30.3 Å². The largest absolute Gasteiger partial charge is 0.394 e. The zero-order chi connectivity index (χ0) is 13.9. The minimum atomic E-state index is -0.547. The van der Waals surface area contributed by atoms with Gasteiger partial charge in [-0.25, -0.2) is 0 Å². The first-order valence-corrected chi connectivity index (χ1v) is 6.93. The number of ether oxygens (including phenoxy) is 1. The Morgan fingerprint density at radius 3 is 2.63 bits per heavy atom. The molecule has 3 N–H and O–H groups in total. The summed E-state index contributed by atoms with van der Waals surface area (Å²) in [6.07, 6.45) is 1.56. The number of rotatable bonds is 10. The smallest absolute Gasteiger partial charge is 0.0897 e. The van der Waals surface area contributed by atoms with Crippen molar-refractivity contribution in [3.05, 3.63) is 35.9 Å². The Morgan fingerprint density at radius 2 is 2.00 bits per heavy atom. The van der Waals surface area contributed by atoms with Crippen molar-refractivity contribution in [2.75, 3.05) is 26.4 Å². The number of unbranched alkanes of at least 4 members (excludes halogenated alkanes) is 1. The van der Waals surface area contributed by atoms with Crippen LogP contribution in [0.3, 0.4) is 0 Å². The zero-order valence-electron chi connectivity index (χ0n) is 11.6. The molecule has 0 bridgehead atoms. The van der Waals surface area contributed by atoms with Gasteiger partial charge < -0.3 is 20.3 Å². The average molecular weight is 267 g/mol. The summed E-state index contributed by atoms with van der Waals surface area (Å²) in [6, 6.07) is 9.57. The van der Waals surface area contributed by atoms with Crippen LogP contribution in [0.4, 0.5) is 0 Å². The maximum Gasteiger partial charge on any atom is 0.0897 e. The van der Waals surface area contributed by atoms with E-state index in [9.17, 15) is 10.2 Å². The molecule has 0 heterocycles. The molecule has 4 heteroatoms. The van der Waals surface area contributed by atoms with Crippen LogP contribution >= 0.6 is 0 Å².